The number of nitrogen functional groups attached to an aromatic ring is 1. The van der Waals surface area contributed by atoms with Crippen molar-refractivity contribution in [2.75, 3.05) is 5.73 Å². The number of hydrogen-bond acceptors (Lipinski definition) is 6. The second-order valence-corrected chi connectivity index (χ2v) is 9.56. The van der Waals surface area contributed by atoms with Crippen molar-refractivity contribution in [2.45, 2.75) is 59.1 Å². The number of aryl methyl sites for hydroxylation is 1. The Bertz CT molecular complexity index is 1320. The average Bonchev–Trinajstić information content (AvgIpc) is 3.14. The highest BCUT2D eigenvalue weighted by Gasteiger charge is 2.19. The van der Waals surface area contributed by atoms with Gasteiger partial charge in [0.1, 0.15) is 28.5 Å². The standard InChI is InChI=1S/C28H32N4O3/c1-5-6-11-25-30-22-16-17-24(29)31-26(22)32(25)18-19-12-14-20(15-13-19)21-9-7-8-10-23(21)34-27(33)35-28(2,3)4/h7-10,12-17H,5-6,11,18H2,1-4H3,(H2,29,31). The third kappa shape index (κ3) is 5.98. The zero-order valence-electron chi connectivity index (χ0n) is 20.7. The number of anilines is 1. The van der Waals surface area contributed by atoms with Crippen LogP contribution < -0.4 is 10.5 Å². The molecule has 4 rings (SSSR count). The average molecular weight is 473 g/mol. The van der Waals surface area contributed by atoms with Gasteiger partial charge in [0.05, 0.1) is 6.54 Å². The normalized spacial score (nSPS) is 11.5. The molecule has 0 saturated carbocycles. The first-order chi connectivity index (χ1) is 16.7. The largest absolute Gasteiger partial charge is 0.514 e. The Labute approximate surface area is 205 Å². The van der Waals surface area contributed by atoms with Crippen LogP contribution in [0.5, 0.6) is 5.75 Å². The predicted molar refractivity (Wildman–Crippen MR) is 138 cm³/mol. The number of carbonyl (C=O) groups is 1. The second kappa shape index (κ2) is 10.2. The van der Waals surface area contributed by atoms with E-state index in [2.05, 4.69) is 28.6 Å². The molecular weight excluding hydrogens is 440 g/mol. The molecule has 0 bridgehead atoms. The molecule has 2 aromatic heterocycles. The number of ether oxygens (including phenoxy) is 2. The summed E-state index contributed by atoms with van der Waals surface area (Å²) in [6.07, 6.45) is 2.32. The maximum atomic E-state index is 12.2. The van der Waals surface area contributed by atoms with E-state index in [1.165, 1.54) is 0 Å². The lowest BCUT2D eigenvalue weighted by atomic mass is 10.0. The molecule has 0 aliphatic rings. The van der Waals surface area contributed by atoms with Crippen LogP contribution >= 0.6 is 0 Å². The molecule has 7 nitrogen and oxygen atoms in total. The zero-order valence-corrected chi connectivity index (χ0v) is 20.7. The first-order valence-corrected chi connectivity index (χ1v) is 11.9. The van der Waals surface area contributed by atoms with Gasteiger partial charge in [-0.3, -0.25) is 0 Å². The van der Waals surface area contributed by atoms with Crippen LogP contribution in [0.3, 0.4) is 0 Å². The van der Waals surface area contributed by atoms with E-state index in [-0.39, 0.29) is 0 Å². The van der Waals surface area contributed by atoms with Crippen LogP contribution in [0, 0.1) is 0 Å². The molecule has 4 aromatic rings. The van der Waals surface area contributed by atoms with Gasteiger partial charge in [-0.05, 0) is 56.5 Å². The monoisotopic (exact) mass is 472 g/mol. The number of benzene rings is 2. The fourth-order valence-corrected chi connectivity index (χ4v) is 3.88. The van der Waals surface area contributed by atoms with Gasteiger partial charge in [-0.2, -0.15) is 0 Å². The molecule has 7 heteroatoms. The molecule has 0 fully saturated rings. The van der Waals surface area contributed by atoms with Crippen LogP contribution in [0.1, 0.15) is 51.9 Å². The van der Waals surface area contributed by atoms with Gasteiger partial charge in [0.15, 0.2) is 5.65 Å². The Morgan fingerprint density at radius 2 is 1.74 bits per heavy atom. The highest BCUT2D eigenvalue weighted by atomic mass is 16.7. The van der Waals surface area contributed by atoms with Gasteiger partial charge in [0.25, 0.3) is 0 Å². The van der Waals surface area contributed by atoms with Crippen molar-refractivity contribution in [1.29, 1.82) is 0 Å². The molecule has 0 saturated heterocycles. The van der Waals surface area contributed by atoms with Gasteiger partial charge in [0, 0.05) is 12.0 Å². The summed E-state index contributed by atoms with van der Waals surface area (Å²) in [7, 11) is 0. The number of imidazole rings is 1. The molecule has 2 N–H and O–H groups in total. The fourth-order valence-electron chi connectivity index (χ4n) is 3.88. The summed E-state index contributed by atoms with van der Waals surface area (Å²) >= 11 is 0. The van der Waals surface area contributed by atoms with Gasteiger partial charge < -0.3 is 19.8 Å². The topological polar surface area (TPSA) is 92.3 Å². The van der Waals surface area contributed by atoms with Crippen LogP contribution in [0.4, 0.5) is 10.6 Å². The molecule has 0 spiro atoms. The van der Waals surface area contributed by atoms with Crippen molar-refractivity contribution in [3.05, 3.63) is 72.1 Å². The number of rotatable bonds is 7. The van der Waals surface area contributed by atoms with E-state index in [9.17, 15) is 4.79 Å². The van der Waals surface area contributed by atoms with Crippen LogP contribution in [0.15, 0.2) is 60.7 Å². The van der Waals surface area contributed by atoms with E-state index < -0.39 is 11.8 Å². The maximum absolute atomic E-state index is 12.2. The van der Waals surface area contributed by atoms with Crippen molar-refractivity contribution in [3.63, 3.8) is 0 Å². The number of nitrogens with two attached hydrogens (primary N) is 1. The number of carbonyl (C=O) groups excluding carboxylic acids is 1. The summed E-state index contributed by atoms with van der Waals surface area (Å²) in [5.74, 6) is 1.95. The summed E-state index contributed by atoms with van der Waals surface area (Å²) in [6.45, 7) is 8.23. The molecule has 0 unspecified atom stereocenters. The molecule has 0 radical (unpaired) electrons. The Morgan fingerprint density at radius 1 is 1.00 bits per heavy atom. The van der Waals surface area contributed by atoms with Crippen molar-refractivity contribution in [3.8, 4) is 16.9 Å². The lowest BCUT2D eigenvalue weighted by molar-refractivity contribution is 0.0207. The van der Waals surface area contributed by atoms with Crippen molar-refractivity contribution >= 4 is 23.1 Å². The highest BCUT2D eigenvalue weighted by molar-refractivity contribution is 5.75. The summed E-state index contributed by atoms with van der Waals surface area (Å²) in [5.41, 5.74) is 9.87. The Kier molecular flexibility index (Phi) is 7.05. The number of aromatic nitrogens is 3. The first kappa shape index (κ1) is 24.3. The minimum absolute atomic E-state index is 0.455. The van der Waals surface area contributed by atoms with Crippen LogP contribution in [0.2, 0.25) is 0 Å². The van der Waals surface area contributed by atoms with Gasteiger partial charge in [0.2, 0.25) is 0 Å². The highest BCUT2D eigenvalue weighted by Crippen LogP contribution is 2.31. The van der Waals surface area contributed by atoms with Crippen LogP contribution in [-0.4, -0.2) is 26.3 Å². The van der Waals surface area contributed by atoms with Crippen LogP contribution in [0.25, 0.3) is 22.3 Å². The molecule has 0 aliphatic heterocycles. The summed E-state index contributed by atoms with van der Waals surface area (Å²) in [6, 6.07) is 19.3. The molecule has 0 atom stereocenters. The van der Waals surface area contributed by atoms with Gasteiger partial charge >= 0.3 is 6.16 Å². The van der Waals surface area contributed by atoms with E-state index in [0.29, 0.717) is 18.1 Å². The lowest BCUT2D eigenvalue weighted by Gasteiger charge is -2.19. The molecule has 2 heterocycles. The third-order valence-electron chi connectivity index (χ3n) is 5.52. The number of para-hydroxylation sites is 1. The quantitative estimate of drug-likeness (QED) is 0.248. The number of fused-ring (bicyclic) bond motifs is 1. The predicted octanol–water partition coefficient (Wildman–Crippen LogP) is 6.39. The Balaban J connectivity index is 1.59. The SMILES string of the molecule is CCCCc1nc2ccc(N)nc2n1Cc1ccc(-c2ccccc2OC(=O)OC(C)(C)C)cc1. The number of pyridine rings is 1. The maximum Gasteiger partial charge on any atom is 0.514 e. The summed E-state index contributed by atoms with van der Waals surface area (Å²) < 4.78 is 13.0. The first-order valence-electron chi connectivity index (χ1n) is 11.9. The van der Waals surface area contributed by atoms with Crippen molar-refractivity contribution in [2.24, 2.45) is 0 Å². The molecule has 35 heavy (non-hydrogen) atoms. The zero-order chi connectivity index (χ0) is 25.0. The van der Waals surface area contributed by atoms with Gasteiger partial charge in [-0.1, -0.05) is 55.8 Å². The van der Waals surface area contributed by atoms with Crippen LogP contribution in [-0.2, 0) is 17.7 Å². The smallest absolute Gasteiger partial charge is 0.428 e. The summed E-state index contributed by atoms with van der Waals surface area (Å²) in [4.78, 5) is 21.6. The molecule has 182 valence electrons. The lowest BCUT2D eigenvalue weighted by Crippen LogP contribution is -2.26. The summed E-state index contributed by atoms with van der Waals surface area (Å²) in [5, 5.41) is 0. The number of unbranched alkanes of at least 4 members (excludes halogenated alkanes) is 1. The van der Waals surface area contributed by atoms with Gasteiger partial charge in [-0.15, -0.1) is 0 Å². The molecule has 0 aliphatic carbocycles. The van der Waals surface area contributed by atoms with E-state index in [0.717, 1.165) is 52.9 Å². The molecule has 2 aromatic carbocycles. The second-order valence-electron chi connectivity index (χ2n) is 9.56. The van der Waals surface area contributed by atoms with E-state index in [4.69, 9.17) is 20.2 Å². The van der Waals surface area contributed by atoms with Crippen molar-refractivity contribution in [1.82, 2.24) is 14.5 Å². The fraction of sp³-hybridized carbons (Fsp3) is 0.321. The Morgan fingerprint density at radius 3 is 2.46 bits per heavy atom. The Hall–Kier alpha value is -3.87. The third-order valence-corrected chi connectivity index (χ3v) is 5.52. The minimum Gasteiger partial charge on any atom is -0.428 e. The molecular formula is C28H32N4O3. The van der Waals surface area contributed by atoms with E-state index in [1.54, 1.807) is 32.9 Å². The van der Waals surface area contributed by atoms with E-state index in [1.807, 2.05) is 36.4 Å². The minimum atomic E-state index is -0.722. The van der Waals surface area contributed by atoms with E-state index >= 15 is 0 Å². The number of hydrogen-bond donors (Lipinski definition) is 1. The van der Waals surface area contributed by atoms with Crippen molar-refractivity contribution < 1.29 is 14.3 Å². The van der Waals surface area contributed by atoms with Gasteiger partial charge in [-0.25, -0.2) is 14.8 Å². The number of nitrogens with zero attached hydrogens (tertiary/aromatic N) is 3. The molecule has 0 amide bonds.